The largest absolute Gasteiger partial charge is 0.456 e. The van der Waals surface area contributed by atoms with Crippen molar-refractivity contribution in [2.75, 3.05) is 0 Å². The zero-order valence-corrected chi connectivity index (χ0v) is 33.4. The molecule has 0 bridgehead atoms. The molecule has 0 N–H and O–H groups in total. The van der Waals surface area contributed by atoms with Crippen LogP contribution in [0.5, 0.6) is 0 Å². The molecule has 0 unspecified atom stereocenters. The molecule has 0 amide bonds. The molecule has 0 spiro atoms. The summed E-state index contributed by atoms with van der Waals surface area (Å²) in [6, 6.07) is 73.6. The number of hydrogen-bond acceptors (Lipinski definition) is 5. The molecule has 0 atom stereocenters. The first kappa shape index (κ1) is 35.5. The van der Waals surface area contributed by atoms with Gasteiger partial charge in [-0.2, -0.15) is 0 Å². The topological polar surface area (TPSA) is 65.0 Å². The van der Waals surface area contributed by atoms with Gasteiger partial charge in [-0.25, -0.2) is 15.0 Å². The van der Waals surface area contributed by atoms with Gasteiger partial charge in [-0.1, -0.05) is 170 Å². The summed E-state index contributed by atoms with van der Waals surface area (Å²) in [6.07, 6.45) is 0. The van der Waals surface area contributed by atoms with E-state index in [-0.39, 0.29) is 0 Å². The number of rotatable bonds is 7. The van der Waals surface area contributed by atoms with Crippen LogP contribution < -0.4 is 0 Å². The van der Waals surface area contributed by atoms with E-state index in [0.29, 0.717) is 17.5 Å². The van der Waals surface area contributed by atoms with Gasteiger partial charge in [0.1, 0.15) is 22.3 Å². The SMILES string of the molecule is c1ccc(-c2nc(-c3ccccc3)nc(-c3cc(-c4ccc(-c5cccc6oc7ccccc7c56)cc4)cc(-c4ccc(-c5cccc6oc7ccccc7c56)cc4)c3)n2)cc1. The lowest BCUT2D eigenvalue weighted by Crippen LogP contribution is -2.00. The number of furan rings is 2. The zero-order valence-electron chi connectivity index (χ0n) is 33.4. The molecule has 3 heterocycles. The Kier molecular flexibility index (Phi) is 8.42. The smallest absolute Gasteiger partial charge is 0.164 e. The van der Waals surface area contributed by atoms with E-state index < -0.39 is 0 Å². The number of nitrogens with zero attached hydrogens (tertiary/aromatic N) is 3. The lowest BCUT2D eigenvalue weighted by atomic mass is 9.92. The Hall–Kier alpha value is -8.41. The van der Waals surface area contributed by atoms with Crippen LogP contribution in [0, 0.1) is 0 Å². The Morgan fingerprint density at radius 3 is 1.05 bits per heavy atom. The Balaban J connectivity index is 1.00. The van der Waals surface area contributed by atoms with Gasteiger partial charge in [0, 0.05) is 38.2 Å². The zero-order chi connectivity index (χ0) is 41.0. The highest BCUT2D eigenvalue weighted by atomic mass is 16.3. The molecule has 12 rings (SSSR count). The van der Waals surface area contributed by atoms with Crippen molar-refractivity contribution in [1.29, 1.82) is 0 Å². The summed E-state index contributed by atoms with van der Waals surface area (Å²) in [5.41, 5.74) is 15.1. The number of para-hydroxylation sites is 2. The van der Waals surface area contributed by atoms with Crippen molar-refractivity contribution in [3.8, 4) is 78.7 Å². The fourth-order valence-electron chi connectivity index (χ4n) is 8.74. The van der Waals surface area contributed by atoms with Gasteiger partial charge in [-0.05, 0) is 87.0 Å². The second-order valence-corrected chi connectivity index (χ2v) is 15.5. The monoisotopic (exact) mass is 793 g/mol. The van der Waals surface area contributed by atoms with Gasteiger partial charge < -0.3 is 8.83 Å². The molecule has 0 saturated carbocycles. The maximum atomic E-state index is 6.24. The third-order valence-electron chi connectivity index (χ3n) is 11.8. The van der Waals surface area contributed by atoms with Gasteiger partial charge in [0.2, 0.25) is 0 Å². The predicted octanol–water partition coefficient (Wildman–Crippen LogP) is 15.3. The van der Waals surface area contributed by atoms with Crippen molar-refractivity contribution in [3.05, 3.63) is 212 Å². The summed E-state index contributed by atoms with van der Waals surface area (Å²) >= 11 is 0. The van der Waals surface area contributed by atoms with Crippen LogP contribution >= 0.6 is 0 Å². The molecule has 0 aliphatic rings. The number of hydrogen-bond donors (Lipinski definition) is 0. The summed E-state index contributed by atoms with van der Waals surface area (Å²) in [6.45, 7) is 0. The van der Waals surface area contributed by atoms with E-state index in [1.54, 1.807) is 0 Å². The van der Waals surface area contributed by atoms with Crippen molar-refractivity contribution in [2.24, 2.45) is 0 Å². The highest BCUT2D eigenvalue weighted by Crippen LogP contribution is 2.40. The molecule has 3 aromatic heterocycles. The van der Waals surface area contributed by atoms with Gasteiger partial charge >= 0.3 is 0 Å². The highest BCUT2D eigenvalue weighted by molar-refractivity contribution is 6.13. The second kappa shape index (κ2) is 14.7. The molecule has 0 fully saturated rings. The molecule has 5 heteroatoms. The third-order valence-corrected chi connectivity index (χ3v) is 11.8. The maximum absolute atomic E-state index is 6.24. The average Bonchev–Trinajstić information content (AvgIpc) is 3.93. The van der Waals surface area contributed by atoms with E-state index in [1.807, 2.05) is 97.1 Å². The molecule has 0 aliphatic carbocycles. The summed E-state index contributed by atoms with van der Waals surface area (Å²) < 4.78 is 12.5. The van der Waals surface area contributed by atoms with Crippen LogP contribution in [-0.2, 0) is 0 Å². The van der Waals surface area contributed by atoms with E-state index >= 15 is 0 Å². The second-order valence-electron chi connectivity index (χ2n) is 15.5. The Bertz CT molecular complexity index is 3380. The van der Waals surface area contributed by atoms with E-state index in [1.165, 1.54) is 0 Å². The van der Waals surface area contributed by atoms with Crippen LogP contribution in [0.25, 0.3) is 123 Å². The quantitative estimate of drug-likeness (QED) is 0.161. The summed E-state index contributed by atoms with van der Waals surface area (Å²) in [7, 11) is 0. The van der Waals surface area contributed by atoms with Gasteiger partial charge in [-0.15, -0.1) is 0 Å². The lowest BCUT2D eigenvalue weighted by Gasteiger charge is -2.13. The van der Waals surface area contributed by atoms with E-state index in [2.05, 4.69) is 115 Å². The van der Waals surface area contributed by atoms with Gasteiger partial charge in [0.15, 0.2) is 17.5 Å². The minimum Gasteiger partial charge on any atom is -0.456 e. The number of fused-ring (bicyclic) bond motifs is 6. The Labute approximate surface area is 357 Å². The fraction of sp³-hybridized carbons (Fsp3) is 0. The van der Waals surface area contributed by atoms with Crippen LogP contribution in [0.1, 0.15) is 0 Å². The molecule has 5 nitrogen and oxygen atoms in total. The molecule has 62 heavy (non-hydrogen) atoms. The fourth-order valence-corrected chi connectivity index (χ4v) is 8.74. The minimum absolute atomic E-state index is 0.603. The normalized spacial score (nSPS) is 11.5. The molecular weight excluding hydrogens is 759 g/mol. The molecule has 0 saturated heterocycles. The lowest BCUT2D eigenvalue weighted by molar-refractivity contribution is 0.668. The van der Waals surface area contributed by atoms with Gasteiger partial charge in [0.25, 0.3) is 0 Å². The summed E-state index contributed by atoms with van der Waals surface area (Å²) in [4.78, 5) is 15.2. The highest BCUT2D eigenvalue weighted by Gasteiger charge is 2.17. The van der Waals surface area contributed by atoms with Crippen LogP contribution in [0.3, 0.4) is 0 Å². The number of aromatic nitrogens is 3. The molecule has 12 aromatic rings. The number of benzene rings is 9. The molecule has 9 aromatic carbocycles. The van der Waals surface area contributed by atoms with Crippen molar-refractivity contribution in [2.45, 2.75) is 0 Å². The van der Waals surface area contributed by atoms with Crippen LogP contribution in [-0.4, -0.2) is 15.0 Å². The minimum atomic E-state index is 0.603. The van der Waals surface area contributed by atoms with E-state index in [9.17, 15) is 0 Å². The van der Waals surface area contributed by atoms with Gasteiger partial charge in [0.05, 0.1) is 0 Å². The molecule has 290 valence electrons. The van der Waals surface area contributed by atoms with Crippen LogP contribution in [0.2, 0.25) is 0 Å². The average molecular weight is 794 g/mol. The first-order valence-corrected chi connectivity index (χ1v) is 20.7. The van der Waals surface area contributed by atoms with Crippen molar-refractivity contribution < 1.29 is 8.83 Å². The van der Waals surface area contributed by atoms with Crippen molar-refractivity contribution >= 4 is 43.9 Å². The standard InChI is InChI=1S/C57H35N3O2/c1-3-13-40(14-4-1)55-58-56(41-15-5-2-6-16-41)60-57(59-55)44-34-42(36-25-29-38(30-26-36)45-19-11-23-51-53(45)47-17-7-9-21-49(47)61-51)33-43(35-44)37-27-31-39(32-28-37)46-20-12-24-52-54(46)48-18-8-10-22-50(48)62-52/h1-35H. The Morgan fingerprint density at radius 1 is 0.242 bits per heavy atom. The molecule has 0 aliphatic heterocycles. The van der Waals surface area contributed by atoms with Crippen molar-refractivity contribution in [3.63, 3.8) is 0 Å². The van der Waals surface area contributed by atoms with Gasteiger partial charge in [-0.3, -0.25) is 0 Å². The van der Waals surface area contributed by atoms with E-state index in [4.69, 9.17) is 23.8 Å². The summed E-state index contributed by atoms with van der Waals surface area (Å²) in [5.74, 6) is 1.85. The van der Waals surface area contributed by atoms with E-state index in [0.717, 1.165) is 105 Å². The summed E-state index contributed by atoms with van der Waals surface area (Å²) in [5, 5.41) is 4.47. The first-order valence-electron chi connectivity index (χ1n) is 20.7. The molecular formula is C57H35N3O2. The van der Waals surface area contributed by atoms with Crippen LogP contribution in [0.4, 0.5) is 0 Å². The molecule has 0 radical (unpaired) electrons. The third kappa shape index (κ3) is 6.23. The Morgan fingerprint density at radius 2 is 0.597 bits per heavy atom. The predicted molar refractivity (Wildman–Crippen MR) is 252 cm³/mol. The first-order chi connectivity index (χ1) is 30.7. The van der Waals surface area contributed by atoms with Crippen molar-refractivity contribution in [1.82, 2.24) is 15.0 Å². The maximum Gasteiger partial charge on any atom is 0.164 e. The van der Waals surface area contributed by atoms with Crippen LogP contribution in [0.15, 0.2) is 221 Å².